The maximum Gasteiger partial charge on any atom is 0.310 e. The molecule has 2 aromatic rings. The van der Waals surface area contributed by atoms with E-state index in [0.29, 0.717) is 11.4 Å². The zero-order valence-electron chi connectivity index (χ0n) is 11.3. The highest BCUT2D eigenvalue weighted by atomic mass is 35.5. The molecule has 1 aliphatic rings. The van der Waals surface area contributed by atoms with Crippen LogP contribution in [0.15, 0.2) is 46.2 Å². The lowest BCUT2D eigenvalue weighted by Gasteiger charge is -2.21. The fourth-order valence-electron chi connectivity index (χ4n) is 2.34. The summed E-state index contributed by atoms with van der Waals surface area (Å²) in [5.41, 5.74) is 0.803. The van der Waals surface area contributed by atoms with Gasteiger partial charge in [0.15, 0.2) is 0 Å². The predicted molar refractivity (Wildman–Crippen MR) is 82.8 cm³/mol. The largest absolute Gasteiger partial charge is 0.481 e. The molecule has 3 rings (SSSR count). The molecule has 0 aliphatic carbocycles. The summed E-state index contributed by atoms with van der Waals surface area (Å²) < 4.78 is 5.83. The maximum absolute atomic E-state index is 11.3. The van der Waals surface area contributed by atoms with E-state index in [2.05, 4.69) is 0 Å². The van der Waals surface area contributed by atoms with E-state index in [0.717, 1.165) is 26.9 Å². The minimum absolute atomic E-state index is 0.484. The molecule has 2 aromatic carbocycles. The van der Waals surface area contributed by atoms with Gasteiger partial charge in [-0.05, 0) is 36.2 Å². The molecule has 0 saturated carbocycles. The van der Waals surface area contributed by atoms with Crippen molar-refractivity contribution in [2.45, 2.75) is 29.1 Å². The van der Waals surface area contributed by atoms with E-state index in [1.165, 1.54) is 0 Å². The van der Waals surface area contributed by atoms with Crippen LogP contribution >= 0.6 is 23.4 Å². The van der Waals surface area contributed by atoms with E-state index < -0.39 is 11.9 Å². The third kappa shape index (κ3) is 2.74. The molecular formula is C16H13ClO3S. The summed E-state index contributed by atoms with van der Waals surface area (Å²) in [5.74, 6) is 0.186. The van der Waals surface area contributed by atoms with Crippen LogP contribution in [0.1, 0.15) is 24.8 Å². The topological polar surface area (TPSA) is 46.5 Å². The third-order valence-electron chi connectivity index (χ3n) is 3.42. The molecule has 108 valence electrons. The fourth-order valence-corrected chi connectivity index (χ4v) is 3.48. The van der Waals surface area contributed by atoms with Crippen LogP contribution in [0.2, 0.25) is 5.02 Å². The number of aliphatic carboxylic acids is 1. The number of benzene rings is 2. The van der Waals surface area contributed by atoms with Crippen LogP contribution in [0.3, 0.4) is 0 Å². The molecule has 0 saturated heterocycles. The van der Waals surface area contributed by atoms with Crippen molar-refractivity contribution in [1.29, 1.82) is 0 Å². The van der Waals surface area contributed by atoms with Crippen LogP contribution in [-0.2, 0) is 4.79 Å². The molecule has 0 fully saturated rings. The molecule has 1 N–H and O–H groups in total. The molecule has 1 heterocycles. The number of fused-ring (bicyclic) bond motifs is 2. The smallest absolute Gasteiger partial charge is 0.310 e. The molecule has 3 nitrogen and oxygen atoms in total. The van der Waals surface area contributed by atoms with Gasteiger partial charge in [0.1, 0.15) is 11.5 Å². The quantitative estimate of drug-likeness (QED) is 0.722. The SMILES string of the molecule is CCC(C(=O)O)c1ccc2c(c1)Sc1ccc(Cl)cc1O2. The van der Waals surface area contributed by atoms with Gasteiger partial charge in [-0.25, -0.2) is 0 Å². The summed E-state index contributed by atoms with van der Waals surface area (Å²) in [6.07, 6.45) is 0.561. The van der Waals surface area contributed by atoms with Crippen molar-refractivity contribution in [1.82, 2.24) is 0 Å². The Morgan fingerprint density at radius 2 is 2.05 bits per heavy atom. The first-order valence-corrected chi connectivity index (χ1v) is 7.80. The molecule has 0 spiro atoms. The van der Waals surface area contributed by atoms with E-state index in [1.54, 1.807) is 17.8 Å². The summed E-state index contributed by atoms with van der Waals surface area (Å²) in [7, 11) is 0. The van der Waals surface area contributed by atoms with E-state index in [1.807, 2.05) is 37.3 Å². The zero-order chi connectivity index (χ0) is 15.0. The number of rotatable bonds is 3. The molecular weight excluding hydrogens is 308 g/mol. The first-order chi connectivity index (χ1) is 10.1. The first-order valence-electron chi connectivity index (χ1n) is 6.60. The second-order valence-electron chi connectivity index (χ2n) is 4.80. The number of carboxylic acids is 1. The predicted octanol–water partition coefficient (Wildman–Crippen LogP) is 5.18. The van der Waals surface area contributed by atoms with Crippen molar-refractivity contribution in [2.75, 3.05) is 0 Å². The van der Waals surface area contributed by atoms with Crippen molar-refractivity contribution in [3.05, 3.63) is 47.0 Å². The Kier molecular flexibility index (Phi) is 3.83. The number of hydrogen-bond donors (Lipinski definition) is 1. The number of carboxylic acid groups (broad SMARTS) is 1. The first kappa shape index (κ1) is 14.3. The van der Waals surface area contributed by atoms with Crippen molar-refractivity contribution in [3.63, 3.8) is 0 Å². The van der Waals surface area contributed by atoms with Gasteiger partial charge in [-0.15, -0.1) is 0 Å². The molecule has 1 unspecified atom stereocenters. The van der Waals surface area contributed by atoms with Gasteiger partial charge in [0.25, 0.3) is 0 Å². The van der Waals surface area contributed by atoms with Gasteiger partial charge in [0, 0.05) is 11.1 Å². The van der Waals surface area contributed by atoms with Crippen molar-refractivity contribution < 1.29 is 14.6 Å². The molecule has 1 aliphatic heterocycles. The second kappa shape index (κ2) is 5.62. The highest BCUT2D eigenvalue weighted by Gasteiger charge is 2.22. The number of ether oxygens (including phenoxy) is 1. The summed E-state index contributed by atoms with van der Waals surface area (Å²) >= 11 is 7.54. The van der Waals surface area contributed by atoms with Gasteiger partial charge in [-0.2, -0.15) is 0 Å². The lowest BCUT2D eigenvalue weighted by Crippen LogP contribution is -2.10. The van der Waals surface area contributed by atoms with Crippen molar-refractivity contribution in [2.24, 2.45) is 0 Å². The van der Waals surface area contributed by atoms with E-state index in [-0.39, 0.29) is 0 Å². The number of halogens is 1. The summed E-state index contributed by atoms with van der Waals surface area (Å²) in [6, 6.07) is 11.1. The summed E-state index contributed by atoms with van der Waals surface area (Å²) in [5, 5.41) is 9.90. The third-order valence-corrected chi connectivity index (χ3v) is 4.75. The zero-order valence-corrected chi connectivity index (χ0v) is 12.9. The normalized spacial score (nSPS) is 13.8. The highest BCUT2D eigenvalue weighted by Crippen LogP contribution is 2.48. The highest BCUT2D eigenvalue weighted by molar-refractivity contribution is 7.99. The monoisotopic (exact) mass is 320 g/mol. The van der Waals surface area contributed by atoms with Crippen LogP contribution < -0.4 is 4.74 Å². The van der Waals surface area contributed by atoms with Crippen LogP contribution in [0.5, 0.6) is 11.5 Å². The Balaban J connectivity index is 1.97. The standard InChI is InChI=1S/C16H13ClO3S/c1-2-11(16(18)19)9-3-5-12-15(7-9)21-14-6-4-10(17)8-13(14)20-12/h3-8,11H,2H2,1H3,(H,18,19). The Bertz CT molecular complexity index is 715. The van der Waals surface area contributed by atoms with Crippen LogP contribution in [-0.4, -0.2) is 11.1 Å². The lowest BCUT2D eigenvalue weighted by atomic mass is 9.97. The van der Waals surface area contributed by atoms with Gasteiger partial charge in [-0.1, -0.05) is 36.4 Å². The Labute approximate surface area is 131 Å². The molecule has 0 bridgehead atoms. The minimum Gasteiger partial charge on any atom is -0.481 e. The maximum atomic E-state index is 11.3. The molecule has 5 heteroatoms. The average Bonchev–Trinajstić information content (AvgIpc) is 2.45. The van der Waals surface area contributed by atoms with Gasteiger partial charge >= 0.3 is 5.97 Å². The Morgan fingerprint density at radius 1 is 1.24 bits per heavy atom. The summed E-state index contributed by atoms with van der Waals surface area (Å²) in [6.45, 7) is 1.87. The van der Waals surface area contributed by atoms with Gasteiger partial charge in [0.05, 0.1) is 15.7 Å². The van der Waals surface area contributed by atoms with Crippen molar-refractivity contribution >= 4 is 29.3 Å². The summed E-state index contributed by atoms with van der Waals surface area (Å²) in [4.78, 5) is 13.2. The van der Waals surface area contributed by atoms with Crippen LogP contribution in [0, 0.1) is 0 Å². The van der Waals surface area contributed by atoms with Crippen molar-refractivity contribution in [3.8, 4) is 11.5 Å². The van der Waals surface area contributed by atoms with E-state index in [4.69, 9.17) is 16.3 Å². The Morgan fingerprint density at radius 3 is 2.76 bits per heavy atom. The minimum atomic E-state index is -0.800. The lowest BCUT2D eigenvalue weighted by molar-refractivity contribution is -0.138. The second-order valence-corrected chi connectivity index (χ2v) is 6.32. The van der Waals surface area contributed by atoms with Crippen LogP contribution in [0.4, 0.5) is 0 Å². The molecule has 0 aromatic heterocycles. The van der Waals surface area contributed by atoms with Gasteiger partial charge in [0.2, 0.25) is 0 Å². The van der Waals surface area contributed by atoms with Gasteiger partial charge in [-0.3, -0.25) is 4.79 Å². The molecule has 0 amide bonds. The van der Waals surface area contributed by atoms with E-state index >= 15 is 0 Å². The number of hydrogen-bond acceptors (Lipinski definition) is 3. The molecule has 1 atom stereocenters. The molecule has 0 radical (unpaired) electrons. The van der Waals surface area contributed by atoms with E-state index in [9.17, 15) is 9.90 Å². The molecule has 21 heavy (non-hydrogen) atoms. The average molecular weight is 321 g/mol. The number of carbonyl (C=O) groups is 1. The fraction of sp³-hybridized carbons (Fsp3) is 0.188. The van der Waals surface area contributed by atoms with Gasteiger partial charge < -0.3 is 9.84 Å². The van der Waals surface area contributed by atoms with Crippen LogP contribution in [0.25, 0.3) is 0 Å². The Hall–Kier alpha value is -1.65.